The van der Waals surface area contributed by atoms with Crippen LogP contribution in [0.15, 0.2) is 0 Å². The zero-order valence-corrected chi connectivity index (χ0v) is 30.2. The molecule has 2 aliphatic heterocycles. The van der Waals surface area contributed by atoms with Crippen molar-refractivity contribution >= 4 is 5.97 Å². The SMILES string of the molecule is CO[C@H]1[C]2O[C]([C@H](OC(=O)C3CC3)C(C)(C)O)C[C@@H](C)[C@@H]2[C@@]2(C)CC[C@@]34C[C@@]35CC[C@H](O[C@H]3CNCCO3)C(C)(C)[C@@H]5CC[C]4[C@]12C. The van der Waals surface area contributed by atoms with Gasteiger partial charge < -0.3 is 34.1 Å². The van der Waals surface area contributed by atoms with E-state index in [9.17, 15) is 9.90 Å². The highest BCUT2D eigenvalue weighted by molar-refractivity contribution is 5.75. The standard InChI is InChI=1S/C39H60NO7/c1-22-19-24(31(35(4,5)42)47-33(41)23-9-10-23)45-30-29(22)36(6)15-16-39-21-38(39)14-13-27(46-28-20-40-17-18-44-28)34(2,3)25(38)11-12-26(39)37(36,7)32(30)43-8/h22-23,25,27-29,31-32,40,42H,9-21H2,1-8H3/t22-,25+,27+,28+,29+,31+,32+,36-,37-,38-,39+/m1/s1. The van der Waals surface area contributed by atoms with Crippen LogP contribution in [0.2, 0.25) is 0 Å². The average Bonchev–Trinajstić information content (AvgIpc) is 3.93. The van der Waals surface area contributed by atoms with Crippen LogP contribution in [-0.2, 0) is 28.5 Å². The van der Waals surface area contributed by atoms with Gasteiger partial charge in [0.2, 0.25) is 0 Å². The van der Waals surface area contributed by atoms with Crippen LogP contribution in [0.3, 0.4) is 0 Å². The molecule has 8 fully saturated rings. The summed E-state index contributed by atoms with van der Waals surface area (Å²) in [5.74, 6) is 2.64. The van der Waals surface area contributed by atoms with Crippen LogP contribution in [0, 0.1) is 68.9 Å². The average molecular weight is 655 g/mol. The lowest BCUT2D eigenvalue weighted by Crippen LogP contribution is -2.59. The fourth-order valence-corrected chi connectivity index (χ4v) is 13.1. The van der Waals surface area contributed by atoms with E-state index in [-0.39, 0.29) is 63.9 Å². The number of ether oxygens (including phenoxy) is 5. The Balaban J connectivity index is 1.07. The first-order valence-electron chi connectivity index (χ1n) is 18.8. The molecule has 8 nitrogen and oxygen atoms in total. The van der Waals surface area contributed by atoms with Crippen molar-refractivity contribution in [3.63, 3.8) is 0 Å². The summed E-state index contributed by atoms with van der Waals surface area (Å²) < 4.78 is 32.3. The second kappa shape index (κ2) is 10.9. The van der Waals surface area contributed by atoms with Crippen molar-refractivity contribution in [1.29, 1.82) is 0 Å². The van der Waals surface area contributed by atoms with Gasteiger partial charge in [-0.15, -0.1) is 0 Å². The number of esters is 1. The molecule has 2 saturated heterocycles. The fourth-order valence-electron chi connectivity index (χ4n) is 13.1. The number of fused-ring (bicyclic) bond motifs is 4. The molecule has 0 amide bonds. The van der Waals surface area contributed by atoms with Gasteiger partial charge in [0.25, 0.3) is 0 Å². The van der Waals surface area contributed by atoms with Crippen LogP contribution in [0.25, 0.3) is 0 Å². The number of morpholine rings is 1. The van der Waals surface area contributed by atoms with E-state index < -0.39 is 11.7 Å². The molecule has 8 heteroatoms. The number of hydrogen-bond donors (Lipinski definition) is 2. The van der Waals surface area contributed by atoms with Crippen LogP contribution in [0.5, 0.6) is 0 Å². The lowest BCUT2D eigenvalue weighted by atomic mass is 9.41. The zero-order chi connectivity index (χ0) is 33.4. The number of rotatable bonds is 7. The van der Waals surface area contributed by atoms with Crippen molar-refractivity contribution in [2.24, 2.45) is 50.7 Å². The summed E-state index contributed by atoms with van der Waals surface area (Å²) in [6.07, 6.45) is 11.5. The van der Waals surface area contributed by atoms with Crippen molar-refractivity contribution in [3.8, 4) is 0 Å². The molecule has 0 aromatic heterocycles. The second-order valence-corrected chi connectivity index (χ2v) is 18.6. The third kappa shape index (κ3) is 4.55. The Morgan fingerprint density at radius 3 is 2.51 bits per heavy atom. The molecule has 2 heterocycles. The second-order valence-electron chi connectivity index (χ2n) is 18.6. The number of carbonyl (C=O) groups excluding carboxylic acids is 1. The molecule has 6 aliphatic carbocycles. The monoisotopic (exact) mass is 654 g/mol. The van der Waals surface area contributed by atoms with Gasteiger partial charge in [-0.2, -0.15) is 0 Å². The molecule has 2 N–H and O–H groups in total. The molecule has 0 bridgehead atoms. The normalized spacial score (nSPS) is 48.8. The minimum Gasteiger partial charge on any atom is -0.456 e. The molecule has 2 spiro atoms. The Morgan fingerprint density at radius 1 is 1.09 bits per heavy atom. The first-order valence-corrected chi connectivity index (χ1v) is 18.8. The largest absolute Gasteiger partial charge is 0.456 e. The summed E-state index contributed by atoms with van der Waals surface area (Å²) >= 11 is 0. The van der Waals surface area contributed by atoms with Crippen LogP contribution >= 0.6 is 0 Å². The van der Waals surface area contributed by atoms with E-state index in [1.54, 1.807) is 19.8 Å². The van der Waals surface area contributed by atoms with Crippen molar-refractivity contribution < 1.29 is 33.6 Å². The molecule has 8 rings (SSSR count). The van der Waals surface area contributed by atoms with E-state index in [2.05, 4.69) is 39.9 Å². The first-order chi connectivity index (χ1) is 22.1. The minimum atomic E-state index is -1.25. The van der Waals surface area contributed by atoms with E-state index in [0.717, 1.165) is 57.9 Å². The van der Waals surface area contributed by atoms with E-state index in [0.29, 0.717) is 23.9 Å². The molecule has 6 saturated carbocycles. The molecule has 0 aromatic rings. The van der Waals surface area contributed by atoms with Gasteiger partial charge in [-0.1, -0.05) is 34.6 Å². The number of hydrogen-bond acceptors (Lipinski definition) is 8. The molecule has 47 heavy (non-hydrogen) atoms. The number of aliphatic hydroxyl groups is 1. The van der Waals surface area contributed by atoms with Gasteiger partial charge in [0, 0.05) is 31.5 Å². The van der Waals surface area contributed by atoms with Crippen LogP contribution in [0.4, 0.5) is 0 Å². The highest BCUT2D eigenvalue weighted by Crippen LogP contribution is 2.90. The quantitative estimate of drug-likeness (QED) is 0.315. The van der Waals surface area contributed by atoms with Crippen LogP contribution in [0.1, 0.15) is 113 Å². The van der Waals surface area contributed by atoms with Crippen LogP contribution in [-0.4, -0.2) is 68.1 Å². The molecule has 11 atom stereocenters. The Hall–Kier alpha value is -0.770. The number of carbonyl (C=O) groups is 1. The Morgan fingerprint density at radius 2 is 1.85 bits per heavy atom. The Labute approximate surface area is 283 Å². The van der Waals surface area contributed by atoms with Gasteiger partial charge >= 0.3 is 5.97 Å². The lowest BCUT2D eigenvalue weighted by Gasteiger charge is -2.63. The molecular weight excluding hydrogens is 594 g/mol. The molecule has 263 valence electrons. The van der Waals surface area contributed by atoms with E-state index in [1.165, 1.54) is 25.7 Å². The van der Waals surface area contributed by atoms with E-state index in [1.807, 2.05) is 7.11 Å². The third-order valence-corrected chi connectivity index (χ3v) is 15.5. The maximum absolute atomic E-state index is 12.9. The highest BCUT2D eigenvalue weighted by Gasteiger charge is 2.85. The van der Waals surface area contributed by atoms with Gasteiger partial charge in [-0.25, -0.2) is 0 Å². The topological polar surface area (TPSA) is 95.5 Å². The van der Waals surface area contributed by atoms with E-state index in [4.69, 9.17) is 23.7 Å². The van der Waals surface area contributed by atoms with Crippen molar-refractivity contribution in [3.05, 3.63) is 18.1 Å². The van der Waals surface area contributed by atoms with Gasteiger partial charge in [-0.3, -0.25) is 4.79 Å². The zero-order valence-electron chi connectivity index (χ0n) is 30.2. The predicted octanol–water partition coefficient (Wildman–Crippen LogP) is 6.16. The lowest BCUT2D eigenvalue weighted by molar-refractivity contribution is -0.229. The van der Waals surface area contributed by atoms with Gasteiger partial charge in [0.05, 0.1) is 30.3 Å². The number of nitrogens with one attached hydrogen (secondary N) is 1. The minimum absolute atomic E-state index is 0.00122. The summed E-state index contributed by atoms with van der Waals surface area (Å²) in [5, 5.41) is 14.7. The Kier molecular flexibility index (Phi) is 7.72. The Bertz CT molecular complexity index is 1240. The van der Waals surface area contributed by atoms with Crippen molar-refractivity contribution in [2.75, 3.05) is 26.8 Å². The van der Waals surface area contributed by atoms with Gasteiger partial charge in [-0.05, 0) is 117 Å². The third-order valence-electron chi connectivity index (χ3n) is 15.5. The molecule has 3 radical (unpaired) electrons. The van der Waals surface area contributed by atoms with Crippen LogP contribution < -0.4 is 5.32 Å². The molecule has 0 unspecified atom stereocenters. The maximum Gasteiger partial charge on any atom is 0.309 e. The first kappa shape index (κ1) is 33.4. The predicted molar refractivity (Wildman–Crippen MR) is 176 cm³/mol. The summed E-state index contributed by atoms with van der Waals surface area (Å²) in [4.78, 5) is 12.9. The highest BCUT2D eigenvalue weighted by atomic mass is 16.7. The molecule has 8 aliphatic rings. The van der Waals surface area contributed by atoms with Crippen molar-refractivity contribution in [1.82, 2.24) is 5.32 Å². The fraction of sp³-hybridized carbons (Fsp3) is 0.897. The smallest absolute Gasteiger partial charge is 0.309 e. The van der Waals surface area contributed by atoms with Gasteiger partial charge in [0.15, 0.2) is 12.4 Å². The maximum atomic E-state index is 12.9. The summed E-state index contributed by atoms with van der Waals surface area (Å²) in [7, 11) is 1.86. The van der Waals surface area contributed by atoms with Crippen molar-refractivity contribution in [2.45, 2.75) is 143 Å². The summed E-state index contributed by atoms with van der Waals surface area (Å²) in [6, 6.07) is 0. The van der Waals surface area contributed by atoms with Gasteiger partial charge in [0.1, 0.15) is 12.2 Å². The number of methoxy groups -OCH3 is 1. The summed E-state index contributed by atoms with van der Waals surface area (Å²) in [5.41, 5.74) is -0.732. The summed E-state index contributed by atoms with van der Waals surface area (Å²) in [6.45, 7) is 18.2. The molecule has 0 aromatic carbocycles. The van der Waals surface area contributed by atoms with E-state index >= 15 is 0 Å². The molecular formula is C39H60NO7.